The molecular formula is C11H18N2O4S. The molecule has 2 fully saturated rings. The van der Waals surface area contributed by atoms with Crippen LogP contribution in [0.4, 0.5) is 4.79 Å². The van der Waals surface area contributed by atoms with E-state index >= 15 is 0 Å². The second kappa shape index (κ2) is 5.69. The molecule has 2 amide bonds. The van der Waals surface area contributed by atoms with Crippen LogP contribution < -0.4 is 10.6 Å². The highest BCUT2D eigenvalue weighted by atomic mass is 32.2. The summed E-state index contributed by atoms with van der Waals surface area (Å²) in [6.45, 7) is 0. The number of unbranched alkanes of at least 4 members (excludes halogenated alkanes) is 1. The molecule has 2 aliphatic heterocycles. The molecule has 0 aromatic carbocycles. The van der Waals surface area contributed by atoms with E-state index in [1.54, 1.807) is 0 Å². The number of carbonyl (C=O) groups excluding carboxylic acids is 2. The van der Waals surface area contributed by atoms with Gasteiger partial charge in [-0.3, -0.25) is 9.00 Å². The predicted octanol–water partition coefficient (Wildman–Crippen LogP) is -0.0993. The van der Waals surface area contributed by atoms with Gasteiger partial charge in [0.05, 0.1) is 24.4 Å². The minimum Gasteiger partial charge on any atom is -0.469 e. The molecule has 2 heterocycles. The van der Waals surface area contributed by atoms with E-state index in [4.69, 9.17) is 0 Å². The first-order valence-electron chi connectivity index (χ1n) is 6.13. The van der Waals surface area contributed by atoms with Crippen LogP contribution >= 0.6 is 0 Å². The highest BCUT2D eigenvalue weighted by molar-refractivity contribution is 7.86. The lowest BCUT2D eigenvalue weighted by Gasteiger charge is -2.15. The maximum atomic E-state index is 11.9. The number of urea groups is 1. The Hall–Kier alpha value is -1.11. The summed E-state index contributed by atoms with van der Waals surface area (Å²) in [5, 5.41) is 5.61. The van der Waals surface area contributed by atoms with Crippen LogP contribution in [0.5, 0.6) is 0 Å². The lowest BCUT2D eigenvalue weighted by atomic mass is 10.0. The minimum absolute atomic E-state index is 0.00365. The molecule has 0 aromatic heterocycles. The van der Waals surface area contributed by atoms with Crippen LogP contribution in [-0.4, -0.2) is 46.4 Å². The Morgan fingerprint density at radius 2 is 2.22 bits per heavy atom. The summed E-state index contributed by atoms with van der Waals surface area (Å²) in [6.07, 6.45) is 2.73. The number of fused-ring (bicyclic) bond motifs is 1. The molecule has 2 rings (SSSR count). The maximum Gasteiger partial charge on any atom is 0.315 e. The molecule has 2 N–H and O–H groups in total. The van der Waals surface area contributed by atoms with Crippen molar-refractivity contribution in [3.63, 3.8) is 0 Å². The Kier molecular flexibility index (Phi) is 4.21. The molecule has 2 saturated heterocycles. The van der Waals surface area contributed by atoms with Crippen LogP contribution in [0.1, 0.15) is 25.7 Å². The fourth-order valence-corrected chi connectivity index (χ4v) is 4.45. The number of hydrogen-bond donors (Lipinski definition) is 2. The first kappa shape index (κ1) is 13.3. The first-order chi connectivity index (χ1) is 8.61. The average molecular weight is 274 g/mol. The maximum absolute atomic E-state index is 11.9. The SMILES string of the molecule is COC(=O)CCCCC1[C@H]2NC(=O)N[C@H]2C[S@]1=O. The monoisotopic (exact) mass is 274 g/mol. The van der Waals surface area contributed by atoms with Crippen molar-refractivity contribution in [1.29, 1.82) is 0 Å². The Morgan fingerprint density at radius 3 is 2.94 bits per heavy atom. The summed E-state index contributed by atoms with van der Waals surface area (Å²) in [5.74, 6) is 0.321. The average Bonchev–Trinajstić information content (AvgIpc) is 2.81. The van der Waals surface area contributed by atoms with E-state index in [0.29, 0.717) is 12.2 Å². The molecule has 0 saturated carbocycles. The van der Waals surface area contributed by atoms with Crippen LogP contribution in [0.3, 0.4) is 0 Å². The van der Waals surface area contributed by atoms with Crippen LogP contribution in [0, 0.1) is 0 Å². The molecular weight excluding hydrogens is 256 g/mol. The number of amides is 2. The van der Waals surface area contributed by atoms with E-state index in [9.17, 15) is 13.8 Å². The third-order valence-corrected chi connectivity index (χ3v) is 5.37. The van der Waals surface area contributed by atoms with Crippen molar-refractivity contribution in [2.45, 2.75) is 43.0 Å². The number of carbonyl (C=O) groups is 2. The number of ether oxygens (including phenoxy) is 1. The van der Waals surface area contributed by atoms with Crippen LogP contribution in [-0.2, 0) is 20.3 Å². The molecule has 18 heavy (non-hydrogen) atoms. The zero-order chi connectivity index (χ0) is 13.1. The summed E-state index contributed by atoms with van der Waals surface area (Å²) in [6, 6.07) is -0.179. The summed E-state index contributed by atoms with van der Waals surface area (Å²) in [5.41, 5.74) is 0. The normalized spacial score (nSPS) is 33.7. The number of rotatable bonds is 5. The molecule has 2 aliphatic rings. The van der Waals surface area contributed by atoms with E-state index in [2.05, 4.69) is 15.4 Å². The third kappa shape index (κ3) is 2.82. The smallest absolute Gasteiger partial charge is 0.315 e. The van der Waals surface area contributed by atoms with Gasteiger partial charge in [-0.25, -0.2) is 4.79 Å². The van der Waals surface area contributed by atoms with Gasteiger partial charge in [0, 0.05) is 23.0 Å². The zero-order valence-corrected chi connectivity index (χ0v) is 11.1. The van der Waals surface area contributed by atoms with E-state index in [-0.39, 0.29) is 29.3 Å². The molecule has 1 unspecified atom stereocenters. The highest BCUT2D eigenvalue weighted by Crippen LogP contribution is 2.25. The molecule has 0 spiro atoms. The molecule has 4 atom stereocenters. The van der Waals surface area contributed by atoms with E-state index in [1.165, 1.54) is 7.11 Å². The van der Waals surface area contributed by atoms with Crippen molar-refractivity contribution in [1.82, 2.24) is 10.6 Å². The predicted molar refractivity (Wildman–Crippen MR) is 66.5 cm³/mol. The van der Waals surface area contributed by atoms with Gasteiger partial charge in [-0.1, -0.05) is 6.42 Å². The minimum atomic E-state index is -0.894. The van der Waals surface area contributed by atoms with Gasteiger partial charge in [0.1, 0.15) is 0 Å². The molecule has 102 valence electrons. The van der Waals surface area contributed by atoms with E-state index in [0.717, 1.165) is 19.3 Å². The number of nitrogens with one attached hydrogen (secondary N) is 2. The van der Waals surface area contributed by atoms with Gasteiger partial charge in [0.25, 0.3) is 0 Å². The van der Waals surface area contributed by atoms with Crippen molar-refractivity contribution in [2.24, 2.45) is 0 Å². The lowest BCUT2D eigenvalue weighted by Crippen LogP contribution is -2.38. The molecule has 6 nitrogen and oxygen atoms in total. The van der Waals surface area contributed by atoms with Gasteiger partial charge in [-0.15, -0.1) is 0 Å². The number of methoxy groups -OCH3 is 1. The van der Waals surface area contributed by atoms with Crippen molar-refractivity contribution >= 4 is 22.8 Å². The fraction of sp³-hybridized carbons (Fsp3) is 0.818. The van der Waals surface area contributed by atoms with Gasteiger partial charge < -0.3 is 15.4 Å². The second-order valence-electron chi connectivity index (χ2n) is 4.66. The Balaban J connectivity index is 1.76. The van der Waals surface area contributed by atoms with Gasteiger partial charge in [-0.05, 0) is 12.8 Å². The summed E-state index contributed by atoms with van der Waals surface area (Å²) >= 11 is 0. The fourth-order valence-electron chi connectivity index (χ4n) is 2.54. The quantitative estimate of drug-likeness (QED) is 0.416. The highest BCUT2D eigenvalue weighted by Gasteiger charge is 2.46. The topological polar surface area (TPSA) is 84.5 Å². The van der Waals surface area contributed by atoms with Crippen LogP contribution in [0.25, 0.3) is 0 Å². The zero-order valence-electron chi connectivity index (χ0n) is 10.3. The number of esters is 1. The van der Waals surface area contributed by atoms with Crippen molar-refractivity contribution in [3.05, 3.63) is 0 Å². The molecule has 0 aromatic rings. The lowest BCUT2D eigenvalue weighted by molar-refractivity contribution is -0.140. The van der Waals surface area contributed by atoms with Crippen molar-refractivity contribution < 1.29 is 18.5 Å². The van der Waals surface area contributed by atoms with Crippen molar-refractivity contribution in [3.8, 4) is 0 Å². The molecule has 7 heteroatoms. The molecule has 0 bridgehead atoms. The van der Waals surface area contributed by atoms with E-state index < -0.39 is 10.8 Å². The molecule has 0 radical (unpaired) electrons. The largest absolute Gasteiger partial charge is 0.469 e. The van der Waals surface area contributed by atoms with Crippen molar-refractivity contribution in [2.75, 3.05) is 12.9 Å². The molecule has 0 aliphatic carbocycles. The summed E-state index contributed by atoms with van der Waals surface area (Å²) in [7, 11) is 0.480. The Morgan fingerprint density at radius 1 is 1.44 bits per heavy atom. The summed E-state index contributed by atoms with van der Waals surface area (Å²) < 4.78 is 16.5. The van der Waals surface area contributed by atoms with Crippen LogP contribution in [0.2, 0.25) is 0 Å². The van der Waals surface area contributed by atoms with Gasteiger partial charge in [0.2, 0.25) is 0 Å². The van der Waals surface area contributed by atoms with Gasteiger partial charge in [0.15, 0.2) is 0 Å². The standard InChI is InChI=1S/C11H18N2O4S/c1-17-9(14)5-3-2-4-8-10-7(6-18(8)16)12-11(15)13-10/h7-8,10H,2-6H2,1H3,(H2,12,13,15)/t7-,8?,10-,18+/m0/s1. The Bertz CT molecular complexity index is 374. The summed E-state index contributed by atoms with van der Waals surface area (Å²) in [4.78, 5) is 22.1. The number of hydrogen-bond acceptors (Lipinski definition) is 4. The van der Waals surface area contributed by atoms with Gasteiger partial charge >= 0.3 is 12.0 Å². The van der Waals surface area contributed by atoms with Crippen LogP contribution in [0.15, 0.2) is 0 Å². The third-order valence-electron chi connectivity index (χ3n) is 3.48. The second-order valence-corrected chi connectivity index (χ2v) is 6.36. The first-order valence-corrected chi connectivity index (χ1v) is 7.51. The Labute approximate surface area is 108 Å². The van der Waals surface area contributed by atoms with Gasteiger partial charge in [-0.2, -0.15) is 0 Å². The van der Waals surface area contributed by atoms with E-state index in [1.807, 2.05) is 0 Å².